The third-order valence-corrected chi connectivity index (χ3v) is 4.57. The van der Waals surface area contributed by atoms with E-state index < -0.39 is 0 Å². The van der Waals surface area contributed by atoms with E-state index in [1.807, 2.05) is 0 Å². The molecule has 2 aliphatic carbocycles. The lowest BCUT2D eigenvalue weighted by molar-refractivity contribution is -0.118. The lowest BCUT2D eigenvalue weighted by Crippen LogP contribution is -2.24. The van der Waals surface area contributed by atoms with Gasteiger partial charge in [0.25, 0.3) is 0 Å². The minimum Gasteiger partial charge on any atom is -0.295 e. The van der Waals surface area contributed by atoms with Crippen molar-refractivity contribution in [3.63, 3.8) is 0 Å². The van der Waals surface area contributed by atoms with Crippen molar-refractivity contribution in [2.45, 2.75) is 46.0 Å². The lowest BCUT2D eigenvalue weighted by Gasteiger charge is -2.29. The number of allylic oxidation sites excluding steroid dienone is 4. The molecule has 0 N–H and O–H groups in total. The highest BCUT2D eigenvalue weighted by molar-refractivity contribution is 5.97. The van der Waals surface area contributed by atoms with E-state index in [1.165, 1.54) is 5.57 Å². The van der Waals surface area contributed by atoms with Gasteiger partial charge >= 0.3 is 0 Å². The standard InChI is InChI=1S/C17H22O2/c1-11(2)15(18)8-14-7-13-5-6-17(14,9-13)10-16(19)12(3)4/h7,13H,1,3,5-6,8-10H2,2,4H3. The highest BCUT2D eigenvalue weighted by Crippen LogP contribution is 2.57. The fourth-order valence-corrected chi connectivity index (χ4v) is 3.37. The summed E-state index contributed by atoms with van der Waals surface area (Å²) in [6.07, 6.45) is 6.41. The maximum Gasteiger partial charge on any atom is 0.162 e. The fraction of sp³-hybridized carbons (Fsp3) is 0.529. The smallest absolute Gasteiger partial charge is 0.162 e. The molecule has 102 valence electrons. The summed E-state index contributed by atoms with van der Waals surface area (Å²) in [6, 6.07) is 0. The second kappa shape index (κ2) is 4.92. The molecule has 0 heterocycles. The normalized spacial score (nSPS) is 28.1. The van der Waals surface area contributed by atoms with Gasteiger partial charge in [-0.25, -0.2) is 0 Å². The molecule has 0 aromatic heterocycles. The molecule has 0 spiro atoms. The predicted molar refractivity (Wildman–Crippen MR) is 76.7 cm³/mol. The van der Waals surface area contributed by atoms with Gasteiger partial charge in [-0.2, -0.15) is 0 Å². The summed E-state index contributed by atoms with van der Waals surface area (Å²) in [5.41, 5.74) is 2.33. The van der Waals surface area contributed by atoms with Gasteiger partial charge in [-0.05, 0) is 55.6 Å². The summed E-state index contributed by atoms with van der Waals surface area (Å²) in [7, 11) is 0. The van der Waals surface area contributed by atoms with E-state index in [2.05, 4.69) is 19.2 Å². The van der Waals surface area contributed by atoms with E-state index in [1.54, 1.807) is 13.8 Å². The Kier molecular flexibility index (Phi) is 3.62. The number of carbonyl (C=O) groups excluding carboxylic acids is 2. The van der Waals surface area contributed by atoms with Crippen LogP contribution in [-0.2, 0) is 9.59 Å². The molecule has 2 bridgehead atoms. The monoisotopic (exact) mass is 258 g/mol. The Morgan fingerprint density at radius 1 is 1.26 bits per heavy atom. The summed E-state index contributed by atoms with van der Waals surface area (Å²) < 4.78 is 0. The van der Waals surface area contributed by atoms with Gasteiger partial charge < -0.3 is 0 Å². The molecule has 1 saturated carbocycles. The Balaban J connectivity index is 2.17. The zero-order valence-electron chi connectivity index (χ0n) is 11.9. The number of Topliss-reactive ketones (excluding diaryl/α,β-unsaturated/α-hetero) is 2. The maximum absolute atomic E-state index is 12.0. The Bertz CT molecular complexity index is 495. The highest BCUT2D eigenvalue weighted by Gasteiger charge is 2.47. The average Bonchev–Trinajstić information content (AvgIpc) is 2.85. The molecule has 2 rings (SSSR count). The minimum atomic E-state index is -0.0637. The van der Waals surface area contributed by atoms with Crippen LogP contribution in [0.3, 0.4) is 0 Å². The van der Waals surface area contributed by atoms with E-state index in [0.717, 1.165) is 19.3 Å². The largest absolute Gasteiger partial charge is 0.295 e. The molecule has 0 aromatic carbocycles. The summed E-state index contributed by atoms with van der Waals surface area (Å²) in [4.78, 5) is 23.9. The van der Waals surface area contributed by atoms with Gasteiger partial charge in [0.1, 0.15) is 0 Å². The fourth-order valence-electron chi connectivity index (χ4n) is 3.37. The van der Waals surface area contributed by atoms with Crippen LogP contribution in [0, 0.1) is 11.3 Å². The van der Waals surface area contributed by atoms with Crippen molar-refractivity contribution in [2.24, 2.45) is 11.3 Å². The quantitative estimate of drug-likeness (QED) is 0.536. The van der Waals surface area contributed by atoms with Gasteiger partial charge in [0, 0.05) is 12.8 Å². The Morgan fingerprint density at radius 3 is 2.42 bits per heavy atom. The Labute approximate surface area is 115 Å². The Morgan fingerprint density at radius 2 is 1.89 bits per heavy atom. The molecule has 19 heavy (non-hydrogen) atoms. The van der Waals surface area contributed by atoms with Gasteiger partial charge in [-0.15, -0.1) is 0 Å². The molecule has 1 fully saturated rings. The van der Waals surface area contributed by atoms with Crippen LogP contribution in [0.4, 0.5) is 0 Å². The number of carbonyl (C=O) groups is 2. The number of rotatable bonds is 6. The lowest BCUT2D eigenvalue weighted by atomic mass is 9.73. The number of ketones is 2. The van der Waals surface area contributed by atoms with Crippen molar-refractivity contribution < 1.29 is 9.59 Å². The van der Waals surface area contributed by atoms with Gasteiger partial charge in [-0.1, -0.05) is 24.8 Å². The van der Waals surface area contributed by atoms with E-state index in [-0.39, 0.29) is 17.0 Å². The molecular formula is C17H22O2. The van der Waals surface area contributed by atoms with Gasteiger partial charge in [-0.3, -0.25) is 9.59 Å². The van der Waals surface area contributed by atoms with Crippen LogP contribution in [0.2, 0.25) is 0 Å². The van der Waals surface area contributed by atoms with Crippen molar-refractivity contribution in [1.82, 2.24) is 0 Å². The van der Waals surface area contributed by atoms with Crippen LogP contribution in [-0.4, -0.2) is 11.6 Å². The van der Waals surface area contributed by atoms with Gasteiger partial charge in [0.15, 0.2) is 11.6 Å². The molecule has 0 saturated heterocycles. The number of fused-ring (bicyclic) bond motifs is 2. The summed E-state index contributed by atoms with van der Waals surface area (Å²) in [5.74, 6) is 0.794. The van der Waals surface area contributed by atoms with Gasteiger partial charge in [0.05, 0.1) is 0 Å². The Hall–Kier alpha value is -1.44. The first kappa shape index (κ1) is 14.0. The SMILES string of the molecule is C=C(C)C(=O)CC1=CC2CCC1(CC(=O)C(=C)C)C2. The molecule has 0 aromatic rings. The van der Waals surface area contributed by atoms with Crippen molar-refractivity contribution in [2.75, 3.05) is 0 Å². The first-order valence-corrected chi connectivity index (χ1v) is 6.93. The van der Waals surface area contributed by atoms with Crippen molar-refractivity contribution in [3.8, 4) is 0 Å². The van der Waals surface area contributed by atoms with Gasteiger partial charge in [0.2, 0.25) is 0 Å². The highest BCUT2D eigenvalue weighted by atomic mass is 16.1. The van der Waals surface area contributed by atoms with E-state index in [9.17, 15) is 9.59 Å². The zero-order chi connectivity index (χ0) is 14.2. The molecule has 2 atom stereocenters. The van der Waals surface area contributed by atoms with Crippen LogP contribution < -0.4 is 0 Å². The molecule has 2 nitrogen and oxygen atoms in total. The predicted octanol–water partition coefficient (Wildman–Crippen LogP) is 3.78. The van der Waals surface area contributed by atoms with Crippen LogP contribution in [0.15, 0.2) is 36.0 Å². The molecule has 2 aliphatic rings. The third-order valence-electron chi connectivity index (χ3n) is 4.57. The van der Waals surface area contributed by atoms with Crippen molar-refractivity contribution in [1.29, 1.82) is 0 Å². The van der Waals surface area contributed by atoms with E-state index in [0.29, 0.717) is 29.9 Å². The summed E-state index contributed by atoms with van der Waals surface area (Å²) in [6.45, 7) is 11.0. The maximum atomic E-state index is 12.0. The molecular weight excluding hydrogens is 236 g/mol. The number of hydrogen-bond acceptors (Lipinski definition) is 2. The minimum absolute atomic E-state index is 0.0637. The topological polar surface area (TPSA) is 34.1 Å². The molecule has 0 amide bonds. The van der Waals surface area contributed by atoms with Crippen LogP contribution in [0.25, 0.3) is 0 Å². The molecule has 0 aliphatic heterocycles. The second-order valence-electron chi connectivity index (χ2n) is 6.24. The molecule has 0 radical (unpaired) electrons. The zero-order valence-corrected chi connectivity index (χ0v) is 11.9. The summed E-state index contributed by atoms with van der Waals surface area (Å²) >= 11 is 0. The first-order chi connectivity index (χ1) is 8.84. The van der Waals surface area contributed by atoms with E-state index in [4.69, 9.17) is 0 Å². The number of hydrogen-bond donors (Lipinski definition) is 0. The average molecular weight is 258 g/mol. The third kappa shape index (κ3) is 2.63. The van der Waals surface area contributed by atoms with Crippen LogP contribution >= 0.6 is 0 Å². The second-order valence-corrected chi connectivity index (χ2v) is 6.24. The molecule has 2 unspecified atom stereocenters. The first-order valence-electron chi connectivity index (χ1n) is 6.93. The van der Waals surface area contributed by atoms with Crippen LogP contribution in [0.5, 0.6) is 0 Å². The summed E-state index contributed by atoms with van der Waals surface area (Å²) in [5, 5.41) is 0. The van der Waals surface area contributed by atoms with Crippen molar-refractivity contribution >= 4 is 11.6 Å². The van der Waals surface area contributed by atoms with Crippen LogP contribution in [0.1, 0.15) is 46.0 Å². The van der Waals surface area contributed by atoms with Crippen molar-refractivity contribution in [3.05, 3.63) is 36.0 Å². The van der Waals surface area contributed by atoms with E-state index >= 15 is 0 Å². The molecule has 2 heteroatoms.